The van der Waals surface area contributed by atoms with Crippen molar-refractivity contribution in [3.05, 3.63) is 48.0 Å². The number of aryl methyl sites for hydroxylation is 2. The van der Waals surface area contributed by atoms with E-state index in [1.165, 1.54) is 5.56 Å². The van der Waals surface area contributed by atoms with Gasteiger partial charge in [-0.05, 0) is 37.1 Å². The molecular formula is C16H19N5O. The maximum atomic E-state index is 12.2. The van der Waals surface area contributed by atoms with Crippen molar-refractivity contribution in [1.82, 2.24) is 24.6 Å². The molecule has 0 aliphatic heterocycles. The van der Waals surface area contributed by atoms with Crippen molar-refractivity contribution in [3.8, 4) is 0 Å². The summed E-state index contributed by atoms with van der Waals surface area (Å²) in [6.07, 6.45) is 6.28. The van der Waals surface area contributed by atoms with Crippen molar-refractivity contribution in [2.24, 2.45) is 7.05 Å². The Morgan fingerprint density at radius 1 is 1.32 bits per heavy atom. The van der Waals surface area contributed by atoms with E-state index in [4.69, 9.17) is 0 Å². The molecule has 22 heavy (non-hydrogen) atoms. The molecule has 0 aromatic carbocycles. The molecule has 0 aliphatic rings. The predicted octanol–water partition coefficient (Wildman–Crippen LogP) is 1.76. The first-order valence-corrected chi connectivity index (χ1v) is 7.39. The van der Waals surface area contributed by atoms with Gasteiger partial charge in [-0.1, -0.05) is 0 Å². The summed E-state index contributed by atoms with van der Waals surface area (Å²) < 4.78 is 3.70. The summed E-state index contributed by atoms with van der Waals surface area (Å²) in [5.74, 6) is -0.0855. The average molecular weight is 297 g/mol. The molecule has 3 aromatic rings. The van der Waals surface area contributed by atoms with Gasteiger partial charge in [0.05, 0.1) is 0 Å². The minimum absolute atomic E-state index is 0.0855. The second-order valence-electron chi connectivity index (χ2n) is 5.18. The van der Waals surface area contributed by atoms with Gasteiger partial charge in [-0.2, -0.15) is 5.10 Å². The Hall–Kier alpha value is -2.63. The molecular weight excluding hydrogens is 278 g/mol. The Balaban J connectivity index is 1.66. The standard InChI is InChI=1S/C16H19N5O/c1-3-21-14(7-10-19-21)16(22)18-9-6-12-11-20(2)15-13(12)5-4-8-17-15/h4-5,7-8,10-11H,3,6,9H2,1-2H3,(H,18,22). The number of nitrogens with one attached hydrogen (secondary N) is 1. The Morgan fingerprint density at radius 2 is 2.18 bits per heavy atom. The molecule has 0 unspecified atom stereocenters. The molecule has 0 radical (unpaired) electrons. The van der Waals surface area contributed by atoms with Gasteiger partial charge in [0, 0.05) is 44.1 Å². The maximum Gasteiger partial charge on any atom is 0.269 e. The van der Waals surface area contributed by atoms with Gasteiger partial charge < -0.3 is 9.88 Å². The van der Waals surface area contributed by atoms with Gasteiger partial charge in [-0.15, -0.1) is 0 Å². The molecule has 3 heterocycles. The Bertz CT molecular complexity index is 802. The largest absolute Gasteiger partial charge is 0.350 e. The van der Waals surface area contributed by atoms with Crippen LogP contribution < -0.4 is 5.32 Å². The zero-order chi connectivity index (χ0) is 15.5. The lowest BCUT2D eigenvalue weighted by Crippen LogP contribution is -2.28. The number of carbonyl (C=O) groups is 1. The summed E-state index contributed by atoms with van der Waals surface area (Å²) in [5, 5.41) is 8.20. The smallest absolute Gasteiger partial charge is 0.269 e. The van der Waals surface area contributed by atoms with Crippen LogP contribution in [0.15, 0.2) is 36.8 Å². The van der Waals surface area contributed by atoms with Crippen LogP contribution in [0.3, 0.4) is 0 Å². The number of aromatic nitrogens is 4. The van der Waals surface area contributed by atoms with Gasteiger partial charge in [0.1, 0.15) is 11.3 Å². The Morgan fingerprint density at radius 3 is 3.00 bits per heavy atom. The van der Waals surface area contributed by atoms with Crippen molar-refractivity contribution >= 4 is 16.9 Å². The third-order valence-corrected chi connectivity index (χ3v) is 3.74. The van der Waals surface area contributed by atoms with Gasteiger partial charge in [0.15, 0.2) is 0 Å². The Labute approximate surface area is 128 Å². The van der Waals surface area contributed by atoms with Crippen molar-refractivity contribution in [3.63, 3.8) is 0 Å². The number of hydrogen-bond donors (Lipinski definition) is 1. The van der Waals surface area contributed by atoms with E-state index in [1.807, 2.05) is 24.6 Å². The molecule has 0 bridgehead atoms. The van der Waals surface area contributed by atoms with Crippen LogP contribution in [0.1, 0.15) is 23.0 Å². The SMILES string of the molecule is CCn1nccc1C(=O)NCCc1cn(C)c2ncccc12. The highest BCUT2D eigenvalue weighted by atomic mass is 16.2. The number of fused-ring (bicyclic) bond motifs is 1. The van der Waals surface area contributed by atoms with E-state index in [2.05, 4.69) is 27.7 Å². The highest BCUT2D eigenvalue weighted by Gasteiger charge is 2.11. The second kappa shape index (κ2) is 6.01. The van der Waals surface area contributed by atoms with Gasteiger partial charge in [0.25, 0.3) is 5.91 Å². The van der Waals surface area contributed by atoms with Crippen LogP contribution >= 0.6 is 0 Å². The molecule has 0 fully saturated rings. The Kier molecular flexibility index (Phi) is 3.91. The topological polar surface area (TPSA) is 64.7 Å². The van der Waals surface area contributed by atoms with E-state index in [-0.39, 0.29) is 5.91 Å². The van der Waals surface area contributed by atoms with Crippen LogP contribution in [-0.2, 0) is 20.0 Å². The van der Waals surface area contributed by atoms with Crippen LogP contribution in [0.4, 0.5) is 0 Å². The summed E-state index contributed by atoms with van der Waals surface area (Å²) in [4.78, 5) is 16.5. The van der Waals surface area contributed by atoms with E-state index < -0.39 is 0 Å². The summed E-state index contributed by atoms with van der Waals surface area (Å²) >= 11 is 0. The fourth-order valence-corrected chi connectivity index (χ4v) is 2.67. The lowest BCUT2D eigenvalue weighted by Gasteiger charge is -2.06. The number of rotatable bonds is 5. The number of amides is 1. The van der Waals surface area contributed by atoms with Crippen LogP contribution in [-0.4, -0.2) is 31.8 Å². The first kappa shape index (κ1) is 14.3. The maximum absolute atomic E-state index is 12.2. The molecule has 6 heteroatoms. The zero-order valence-corrected chi connectivity index (χ0v) is 12.8. The van der Waals surface area contributed by atoms with E-state index >= 15 is 0 Å². The van der Waals surface area contributed by atoms with Crippen LogP contribution in [0.2, 0.25) is 0 Å². The third kappa shape index (κ3) is 2.59. The summed E-state index contributed by atoms with van der Waals surface area (Å²) in [7, 11) is 1.98. The number of nitrogens with zero attached hydrogens (tertiary/aromatic N) is 4. The van der Waals surface area contributed by atoms with E-state index in [1.54, 1.807) is 23.1 Å². The van der Waals surface area contributed by atoms with Crippen molar-refractivity contribution in [1.29, 1.82) is 0 Å². The summed E-state index contributed by atoms with van der Waals surface area (Å²) in [6, 6.07) is 5.73. The van der Waals surface area contributed by atoms with E-state index in [0.29, 0.717) is 18.8 Å². The van der Waals surface area contributed by atoms with Crippen molar-refractivity contribution in [2.45, 2.75) is 19.9 Å². The summed E-state index contributed by atoms with van der Waals surface area (Å²) in [6.45, 7) is 3.24. The second-order valence-corrected chi connectivity index (χ2v) is 5.18. The van der Waals surface area contributed by atoms with Crippen LogP contribution in [0.5, 0.6) is 0 Å². The predicted molar refractivity (Wildman–Crippen MR) is 84.7 cm³/mol. The molecule has 0 spiro atoms. The van der Waals surface area contributed by atoms with E-state index in [9.17, 15) is 4.79 Å². The molecule has 1 N–H and O–H groups in total. The quantitative estimate of drug-likeness (QED) is 0.780. The van der Waals surface area contributed by atoms with Crippen LogP contribution in [0.25, 0.3) is 11.0 Å². The lowest BCUT2D eigenvalue weighted by atomic mass is 10.1. The number of hydrogen-bond acceptors (Lipinski definition) is 3. The molecule has 6 nitrogen and oxygen atoms in total. The monoisotopic (exact) mass is 297 g/mol. The molecule has 0 saturated carbocycles. The molecule has 0 aliphatic carbocycles. The van der Waals surface area contributed by atoms with E-state index in [0.717, 1.165) is 17.5 Å². The fourth-order valence-electron chi connectivity index (χ4n) is 2.67. The molecule has 3 aromatic heterocycles. The molecule has 1 amide bonds. The van der Waals surface area contributed by atoms with Gasteiger partial charge in [-0.3, -0.25) is 9.48 Å². The minimum atomic E-state index is -0.0855. The van der Waals surface area contributed by atoms with Gasteiger partial charge in [-0.25, -0.2) is 4.98 Å². The average Bonchev–Trinajstić information content (AvgIpc) is 3.13. The fraction of sp³-hybridized carbons (Fsp3) is 0.312. The number of carbonyl (C=O) groups excluding carboxylic acids is 1. The zero-order valence-electron chi connectivity index (χ0n) is 12.8. The molecule has 3 rings (SSSR count). The highest BCUT2D eigenvalue weighted by molar-refractivity contribution is 5.92. The molecule has 0 saturated heterocycles. The summed E-state index contributed by atoms with van der Waals surface area (Å²) in [5.41, 5.74) is 2.75. The number of pyridine rings is 1. The van der Waals surface area contributed by atoms with Crippen LogP contribution in [0, 0.1) is 0 Å². The van der Waals surface area contributed by atoms with Crippen molar-refractivity contribution in [2.75, 3.05) is 6.54 Å². The molecule has 114 valence electrons. The minimum Gasteiger partial charge on any atom is -0.350 e. The third-order valence-electron chi connectivity index (χ3n) is 3.74. The molecule has 0 atom stereocenters. The van der Waals surface area contributed by atoms with Crippen molar-refractivity contribution < 1.29 is 4.79 Å². The lowest BCUT2D eigenvalue weighted by molar-refractivity contribution is 0.0943. The highest BCUT2D eigenvalue weighted by Crippen LogP contribution is 2.18. The first-order valence-electron chi connectivity index (χ1n) is 7.39. The first-order chi connectivity index (χ1) is 10.7. The normalized spacial score (nSPS) is 11.0. The van der Waals surface area contributed by atoms with Gasteiger partial charge >= 0.3 is 0 Å². The van der Waals surface area contributed by atoms with Gasteiger partial charge in [0.2, 0.25) is 0 Å².